The van der Waals surface area contributed by atoms with Crippen LogP contribution in [0.25, 0.3) is 0 Å². The average Bonchev–Trinajstić information content (AvgIpc) is 3.02. The number of nitrogens with zero attached hydrogens (tertiary/aromatic N) is 1. The molecule has 126 valence electrons. The van der Waals surface area contributed by atoms with Crippen LogP contribution in [-0.2, 0) is 4.79 Å². The fourth-order valence-corrected chi connectivity index (χ4v) is 3.56. The molecule has 0 radical (unpaired) electrons. The van der Waals surface area contributed by atoms with Crippen molar-refractivity contribution >= 4 is 23.6 Å². The molecule has 6 heteroatoms. The highest BCUT2D eigenvalue weighted by molar-refractivity contribution is 7.99. The van der Waals surface area contributed by atoms with Gasteiger partial charge in [0.2, 0.25) is 5.91 Å². The molecule has 1 unspecified atom stereocenters. The molecule has 1 aromatic rings. The molecule has 1 heterocycles. The Bertz CT molecular complexity index is 589. The summed E-state index contributed by atoms with van der Waals surface area (Å²) in [5.74, 6) is 2.05. The minimum absolute atomic E-state index is 0.0730. The molecule has 0 aromatic heterocycles. The van der Waals surface area contributed by atoms with E-state index in [9.17, 15) is 9.59 Å². The second-order valence-corrected chi connectivity index (χ2v) is 7.11. The van der Waals surface area contributed by atoms with E-state index in [1.54, 1.807) is 35.9 Å². The van der Waals surface area contributed by atoms with Gasteiger partial charge in [-0.1, -0.05) is 19.9 Å². The lowest BCUT2D eigenvalue weighted by Gasteiger charge is -2.24. The highest BCUT2D eigenvalue weighted by Crippen LogP contribution is 2.26. The number of carbonyl (C=O) groups excluding carboxylic acids is 2. The maximum absolute atomic E-state index is 12.8. The Morgan fingerprint density at radius 2 is 2.17 bits per heavy atom. The first-order chi connectivity index (χ1) is 10.9. The number of nitrogens with one attached hydrogen (secondary N) is 1. The summed E-state index contributed by atoms with van der Waals surface area (Å²) in [6, 6.07) is 4.98. The van der Waals surface area contributed by atoms with Gasteiger partial charge < -0.3 is 15.0 Å². The number of benzene rings is 1. The van der Waals surface area contributed by atoms with Gasteiger partial charge in [0.05, 0.1) is 13.0 Å². The number of ether oxygens (including phenoxy) is 1. The first-order valence-electron chi connectivity index (χ1n) is 7.75. The van der Waals surface area contributed by atoms with E-state index in [1.807, 2.05) is 26.8 Å². The second-order valence-electron chi connectivity index (χ2n) is 6.11. The molecule has 2 amide bonds. The SMILES string of the molecule is COc1cc(C(=O)N2CSCC2C(=O)NCC(C)C)ccc1C. The molecule has 1 N–H and O–H groups in total. The zero-order chi connectivity index (χ0) is 17.0. The zero-order valence-electron chi connectivity index (χ0n) is 14.1. The van der Waals surface area contributed by atoms with Gasteiger partial charge in [-0.2, -0.15) is 0 Å². The number of rotatable bonds is 5. The average molecular weight is 336 g/mol. The maximum Gasteiger partial charge on any atom is 0.255 e. The smallest absolute Gasteiger partial charge is 0.255 e. The number of methoxy groups -OCH3 is 1. The van der Waals surface area contributed by atoms with Crippen LogP contribution >= 0.6 is 11.8 Å². The molecule has 1 saturated heterocycles. The number of hydrogen-bond acceptors (Lipinski definition) is 4. The minimum Gasteiger partial charge on any atom is -0.496 e. The molecule has 23 heavy (non-hydrogen) atoms. The topological polar surface area (TPSA) is 58.6 Å². The molecule has 5 nitrogen and oxygen atoms in total. The van der Waals surface area contributed by atoms with Gasteiger partial charge in [-0.3, -0.25) is 9.59 Å². The molecular formula is C17H24N2O3S. The van der Waals surface area contributed by atoms with Gasteiger partial charge in [0.25, 0.3) is 5.91 Å². The van der Waals surface area contributed by atoms with E-state index in [2.05, 4.69) is 5.32 Å². The molecule has 1 aromatic carbocycles. The van der Waals surface area contributed by atoms with E-state index in [-0.39, 0.29) is 11.8 Å². The Morgan fingerprint density at radius 3 is 2.83 bits per heavy atom. The van der Waals surface area contributed by atoms with E-state index in [1.165, 1.54) is 0 Å². The lowest BCUT2D eigenvalue weighted by atomic mass is 10.1. The predicted molar refractivity (Wildman–Crippen MR) is 92.9 cm³/mol. The van der Waals surface area contributed by atoms with Gasteiger partial charge in [0.15, 0.2) is 0 Å². The summed E-state index contributed by atoms with van der Waals surface area (Å²) in [7, 11) is 1.59. The minimum atomic E-state index is -0.404. The number of aryl methyl sites for hydroxylation is 1. The monoisotopic (exact) mass is 336 g/mol. The van der Waals surface area contributed by atoms with Crippen LogP contribution in [-0.4, -0.2) is 48.0 Å². The maximum atomic E-state index is 12.8. The van der Waals surface area contributed by atoms with Crippen LogP contribution in [0, 0.1) is 12.8 Å². The normalized spacial score (nSPS) is 17.4. The van der Waals surface area contributed by atoms with E-state index in [4.69, 9.17) is 4.74 Å². The third-order valence-corrected chi connectivity index (χ3v) is 4.80. The van der Waals surface area contributed by atoms with Crippen LogP contribution in [0.4, 0.5) is 0 Å². The molecule has 2 rings (SSSR count). The molecule has 0 bridgehead atoms. The summed E-state index contributed by atoms with van der Waals surface area (Å²) < 4.78 is 5.28. The van der Waals surface area contributed by atoms with E-state index in [0.29, 0.717) is 35.4 Å². The Balaban J connectivity index is 2.12. The molecule has 1 aliphatic heterocycles. The van der Waals surface area contributed by atoms with Gasteiger partial charge >= 0.3 is 0 Å². The van der Waals surface area contributed by atoms with Crippen LogP contribution in [0.15, 0.2) is 18.2 Å². The number of carbonyl (C=O) groups is 2. The second kappa shape index (κ2) is 7.73. The summed E-state index contributed by atoms with van der Waals surface area (Å²) in [5, 5.41) is 2.92. The molecule has 0 aliphatic carbocycles. The molecule has 1 fully saturated rings. The van der Waals surface area contributed by atoms with Gasteiger partial charge in [-0.25, -0.2) is 0 Å². The Labute approximate surface area is 141 Å². The summed E-state index contributed by atoms with van der Waals surface area (Å²) in [6.45, 7) is 6.65. The van der Waals surface area contributed by atoms with Crippen molar-refractivity contribution < 1.29 is 14.3 Å². The highest BCUT2D eigenvalue weighted by Gasteiger charge is 2.35. The summed E-state index contributed by atoms with van der Waals surface area (Å²) in [6.07, 6.45) is 0. The first-order valence-corrected chi connectivity index (χ1v) is 8.90. The van der Waals surface area contributed by atoms with Crippen molar-refractivity contribution in [3.63, 3.8) is 0 Å². The fourth-order valence-electron chi connectivity index (χ4n) is 2.40. The Hall–Kier alpha value is -1.69. The number of amides is 2. The first kappa shape index (κ1) is 17.7. The van der Waals surface area contributed by atoms with Gasteiger partial charge in [-0.15, -0.1) is 11.8 Å². The van der Waals surface area contributed by atoms with E-state index in [0.717, 1.165) is 5.56 Å². The zero-order valence-corrected chi connectivity index (χ0v) is 14.9. The third-order valence-electron chi connectivity index (χ3n) is 3.79. The Kier molecular flexibility index (Phi) is 5.93. The predicted octanol–water partition coefficient (Wildman–Crippen LogP) is 2.29. The lowest BCUT2D eigenvalue weighted by Crippen LogP contribution is -2.47. The van der Waals surface area contributed by atoms with Crippen LogP contribution in [0.5, 0.6) is 5.75 Å². The molecule has 1 aliphatic rings. The molecule has 0 spiro atoms. The van der Waals surface area contributed by atoms with Gasteiger partial charge in [0, 0.05) is 17.9 Å². The standard InChI is InChI=1S/C17H24N2O3S/c1-11(2)8-18-16(20)14-9-23-10-19(14)17(21)13-6-5-12(3)15(7-13)22-4/h5-7,11,14H,8-10H2,1-4H3,(H,18,20). The lowest BCUT2D eigenvalue weighted by molar-refractivity contribution is -0.124. The molecular weight excluding hydrogens is 312 g/mol. The van der Waals surface area contributed by atoms with Gasteiger partial charge in [-0.05, 0) is 30.5 Å². The third kappa shape index (κ3) is 4.19. The van der Waals surface area contributed by atoms with E-state index < -0.39 is 6.04 Å². The van der Waals surface area contributed by atoms with Crippen molar-refractivity contribution in [2.24, 2.45) is 5.92 Å². The summed E-state index contributed by atoms with van der Waals surface area (Å²) >= 11 is 1.60. The van der Waals surface area contributed by atoms with Crippen molar-refractivity contribution in [1.29, 1.82) is 0 Å². The van der Waals surface area contributed by atoms with Crippen molar-refractivity contribution in [1.82, 2.24) is 10.2 Å². The number of hydrogen-bond donors (Lipinski definition) is 1. The van der Waals surface area contributed by atoms with Crippen LogP contribution in [0.2, 0.25) is 0 Å². The molecule has 0 saturated carbocycles. The van der Waals surface area contributed by atoms with Crippen LogP contribution in [0.1, 0.15) is 29.8 Å². The fraction of sp³-hybridized carbons (Fsp3) is 0.529. The van der Waals surface area contributed by atoms with Crippen molar-refractivity contribution in [2.45, 2.75) is 26.8 Å². The summed E-state index contributed by atoms with van der Waals surface area (Å²) in [5.41, 5.74) is 1.53. The summed E-state index contributed by atoms with van der Waals surface area (Å²) in [4.78, 5) is 26.7. The van der Waals surface area contributed by atoms with Crippen LogP contribution in [0.3, 0.4) is 0 Å². The van der Waals surface area contributed by atoms with Crippen molar-refractivity contribution in [3.8, 4) is 5.75 Å². The van der Waals surface area contributed by atoms with E-state index >= 15 is 0 Å². The van der Waals surface area contributed by atoms with Crippen molar-refractivity contribution in [2.75, 3.05) is 25.3 Å². The number of thioether (sulfide) groups is 1. The highest BCUT2D eigenvalue weighted by atomic mass is 32.2. The van der Waals surface area contributed by atoms with Gasteiger partial charge in [0.1, 0.15) is 11.8 Å². The largest absolute Gasteiger partial charge is 0.496 e. The van der Waals surface area contributed by atoms with Crippen LogP contribution < -0.4 is 10.1 Å². The van der Waals surface area contributed by atoms with Crippen molar-refractivity contribution in [3.05, 3.63) is 29.3 Å². The Morgan fingerprint density at radius 1 is 1.43 bits per heavy atom. The molecule has 1 atom stereocenters. The quantitative estimate of drug-likeness (QED) is 0.896.